The molecule has 9 heteroatoms. The zero-order valence-electron chi connectivity index (χ0n) is 19.6. The summed E-state index contributed by atoms with van der Waals surface area (Å²) in [7, 11) is 1.47. The molecule has 0 atom stereocenters. The minimum atomic E-state index is -0.429. The lowest BCUT2D eigenvalue weighted by atomic mass is 10.1. The first-order chi connectivity index (χ1) is 17.3. The molecule has 1 aliphatic rings. The van der Waals surface area contributed by atoms with Crippen molar-refractivity contribution in [1.82, 2.24) is 4.90 Å². The molecule has 3 amide bonds. The summed E-state index contributed by atoms with van der Waals surface area (Å²) in [6.45, 7) is 1.78. The SMILES string of the molecule is COc1cc(/C=C2/SC(=O)N(Cc3ccc(F)cc3)C2=O)ccc1OCC(=O)Nc1cccc(C)c1. The van der Waals surface area contributed by atoms with E-state index < -0.39 is 11.1 Å². The van der Waals surface area contributed by atoms with Crippen molar-refractivity contribution in [3.63, 3.8) is 0 Å². The Bertz CT molecular complexity index is 1340. The summed E-state index contributed by atoms with van der Waals surface area (Å²) in [6, 6.07) is 18.1. The fraction of sp³-hybridized carbons (Fsp3) is 0.148. The van der Waals surface area contributed by atoms with E-state index in [2.05, 4.69) is 5.32 Å². The Balaban J connectivity index is 1.41. The quantitative estimate of drug-likeness (QED) is 0.412. The smallest absolute Gasteiger partial charge is 0.293 e. The summed E-state index contributed by atoms with van der Waals surface area (Å²) in [5.74, 6) is -0.403. The van der Waals surface area contributed by atoms with Gasteiger partial charge in [0, 0.05) is 5.69 Å². The van der Waals surface area contributed by atoms with Crippen LogP contribution in [0.3, 0.4) is 0 Å². The molecule has 0 bridgehead atoms. The highest BCUT2D eigenvalue weighted by Gasteiger charge is 2.35. The first-order valence-electron chi connectivity index (χ1n) is 11.0. The molecular formula is C27H23FN2O5S. The number of nitrogens with zero attached hydrogens (tertiary/aromatic N) is 1. The van der Waals surface area contributed by atoms with Crippen LogP contribution in [0.25, 0.3) is 6.08 Å². The maximum atomic E-state index is 13.1. The van der Waals surface area contributed by atoms with Gasteiger partial charge in [0.05, 0.1) is 18.6 Å². The second-order valence-corrected chi connectivity index (χ2v) is 9.00. The van der Waals surface area contributed by atoms with Crippen molar-refractivity contribution in [1.29, 1.82) is 0 Å². The molecule has 0 spiro atoms. The van der Waals surface area contributed by atoms with E-state index in [1.165, 1.54) is 31.4 Å². The molecule has 0 saturated carbocycles. The zero-order chi connectivity index (χ0) is 25.7. The van der Waals surface area contributed by atoms with E-state index in [9.17, 15) is 18.8 Å². The number of anilines is 1. The number of hydrogen-bond donors (Lipinski definition) is 1. The van der Waals surface area contributed by atoms with Gasteiger partial charge in [-0.3, -0.25) is 19.3 Å². The van der Waals surface area contributed by atoms with Crippen LogP contribution in [0.4, 0.5) is 14.9 Å². The lowest BCUT2D eigenvalue weighted by molar-refractivity contribution is -0.123. The Labute approximate surface area is 211 Å². The van der Waals surface area contributed by atoms with Crippen LogP contribution in [0.5, 0.6) is 11.5 Å². The van der Waals surface area contributed by atoms with Crippen LogP contribution in [0.1, 0.15) is 16.7 Å². The number of methoxy groups -OCH3 is 1. The third-order valence-corrected chi connectivity index (χ3v) is 6.18. The van der Waals surface area contributed by atoms with Crippen molar-refractivity contribution < 1.29 is 28.2 Å². The number of thioether (sulfide) groups is 1. The largest absolute Gasteiger partial charge is 0.493 e. The molecule has 0 unspecified atom stereocenters. The van der Waals surface area contributed by atoms with Crippen LogP contribution >= 0.6 is 11.8 Å². The normalized spacial score (nSPS) is 14.3. The molecule has 1 saturated heterocycles. The number of ether oxygens (including phenoxy) is 2. The number of amides is 3. The molecule has 7 nitrogen and oxygen atoms in total. The monoisotopic (exact) mass is 506 g/mol. The lowest BCUT2D eigenvalue weighted by Crippen LogP contribution is -2.27. The number of nitrogens with one attached hydrogen (secondary N) is 1. The van der Waals surface area contributed by atoms with Crippen molar-refractivity contribution in [2.45, 2.75) is 13.5 Å². The summed E-state index contributed by atoms with van der Waals surface area (Å²) >= 11 is 0.832. The van der Waals surface area contributed by atoms with Gasteiger partial charge in [-0.1, -0.05) is 30.3 Å². The highest BCUT2D eigenvalue weighted by Crippen LogP contribution is 2.35. The summed E-state index contributed by atoms with van der Waals surface area (Å²) in [5, 5.41) is 2.37. The topological polar surface area (TPSA) is 84.9 Å². The van der Waals surface area contributed by atoms with E-state index >= 15 is 0 Å². The molecule has 4 rings (SSSR count). The zero-order valence-corrected chi connectivity index (χ0v) is 20.4. The van der Waals surface area contributed by atoms with E-state index in [0.29, 0.717) is 28.3 Å². The molecule has 1 fully saturated rings. The lowest BCUT2D eigenvalue weighted by Gasteiger charge is -2.12. The standard InChI is InChI=1S/C27H23FN2O5S/c1-17-4-3-5-21(12-17)29-25(31)16-35-22-11-8-19(13-23(22)34-2)14-24-26(32)30(27(33)36-24)15-18-6-9-20(28)10-7-18/h3-14H,15-16H2,1-2H3,(H,29,31)/b24-14+. The number of aryl methyl sites for hydroxylation is 1. The molecule has 36 heavy (non-hydrogen) atoms. The van der Waals surface area contributed by atoms with E-state index in [1.54, 1.807) is 30.3 Å². The van der Waals surface area contributed by atoms with Gasteiger partial charge in [-0.05, 0) is 77.9 Å². The molecule has 0 aromatic heterocycles. The number of carbonyl (C=O) groups excluding carboxylic acids is 3. The highest BCUT2D eigenvalue weighted by molar-refractivity contribution is 8.18. The van der Waals surface area contributed by atoms with Gasteiger partial charge in [-0.15, -0.1) is 0 Å². The summed E-state index contributed by atoms with van der Waals surface area (Å²) in [4.78, 5) is 38.8. The van der Waals surface area contributed by atoms with Gasteiger partial charge in [-0.2, -0.15) is 0 Å². The van der Waals surface area contributed by atoms with Crippen molar-refractivity contribution in [3.8, 4) is 11.5 Å². The minimum Gasteiger partial charge on any atom is -0.493 e. The minimum absolute atomic E-state index is 0.0585. The van der Waals surface area contributed by atoms with E-state index in [1.807, 2.05) is 25.1 Å². The maximum absolute atomic E-state index is 13.1. The van der Waals surface area contributed by atoms with E-state index in [0.717, 1.165) is 22.2 Å². The van der Waals surface area contributed by atoms with Gasteiger partial charge in [-0.25, -0.2) is 4.39 Å². The Morgan fingerprint density at radius 2 is 1.83 bits per heavy atom. The fourth-order valence-electron chi connectivity index (χ4n) is 3.52. The fourth-order valence-corrected chi connectivity index (χ4v) is 4.35. The van der Waals surface area contributed by atoms with E-state index in [4.69, 9.17) is 9.47 Å². The average Bonchev–Trinajstić information content (AvgIpc) is 3.11. The van der Waals surface area contributed by atoms with Crippen molar-refractivity contribution >= 4 is 40.6 Å². The molecule has 0 aliphatic carbocycles. The van der Waals surface area contributed by atoms with Crippen LogP contribution in [0, 0.1) is 12.7 Å². The predicted octanol–water partition coefficient (Wildman–Crippen LogP) is 5.40. The van der Waals surface area contributed by atoms with Crippen LogP contribution < -0.4 is 14.8 Å². The molecule has 1 heterocycles. The summed E-state index contributed by atoms with van der Waals surface area (Å²) in [6.07, 6.45) is 1.59. The molecule has 0 radical (unpaired) electrons. The summed E-state index contributed by atoms with van der Waals surface area (Å²) in [5.41, 5.74) is 2.98. The number of benzene rings is 3. The van der Waals surface area contributed by atoms with Crippen LogP contribution in [0.2, 0.25) is 0 Å². The predicted molar refractivity (Wildman–Crippen MR) is 136 cm³/mol. The average molecular weight is 507 g/mol. The third kappa shape index (κ3) is 6.11. The van der Waals surface area contributed by atoms with Gasteiger partial charge in [0.1, 0.15) is 5.82 Å². The van der Waals surface area contributed by atoms with Crippen LogP contribution in [-0.2, 0) is 16.1 Å². The van der Waals surface area contributed by atoms with Gasteiger partial charge >= 0.3 is 0 Å². The van der Waals surface area contributed by atoms with Crippen molar-refractivity contribution in [2.24, 2.45) is 0 Å². The molecule has 1 N–H and O–H groups in total. The second-order valence-electron chi connectivity index (χ2n) is 8.01. The number of hydrogen-bond acceptors (Lipinski definition) is 6. The first kappa shape index (κ1) is 25.0. The maximum Gasteiger partial charge on any atom is 0.293 e. The van der Waals surface area contributed by atoms with Gasteiger partial charge < -0.3 is 14.8 Å². The molecule has 184 valence electrons. The molecule has 3 aromatic carbocycles. The van der Waals surface area contributed by atoms with Crippen LogP contribution in [0.15, 0.2) is 71.6 Å². The van der Waals surface area contributed by atoms with Gasteiger partial charge in [0.25, 0.3) is 17.1 Å². The molecule has 3 aromatic rings. The Hall–Kier alpha value is -4.11. The molecule has 1 aliphatic heterocycles. The van der Waals surface area contributed by atoms with E-state index in [-0.39, 0.29) is 29.8 Å². The third-order valence-electron chi connectivity index (χ3n) is 5.27. The number of carbonyl (C=O) groups is 3. The molecular weight excluding hydrogens is 483 g/mol. The second kappa shape index (κ2) is 11.1. The first-order valence-corrected chi connectivity index (χ1v) is 11.8. The highest BCUT2D eigenvalue weighted by atomic mass is 32.2. The Morgan fingerprint density at radius 1 is 1.06 bits per heavy atom. The summed E-state index contributed by atoms with van der Waals surface area (Å²) < 4.78 is 24.2. The Morgan fingerprint density at radius 3 is 2.56 bits per heavy atom. The Kier molecular flexibility index (Phi) is 7.70. The van der Waals surface area contributed by atoms with Gasteiger partial charge in [0.2, 0.25) is 0 Å². The van der Waals surface area contributed by atoms with Crippen molar-refractivity contribution in [2.75, 3.05) is 19.0 Å². The number of imide groups is 1. The van der Waals surface area contributed by atoms with Crippen LogP contribution in [-0.4, -0.2) is 35.7 Å². The number of halogens is 1. The number of rotatable bonds is 8. The van der Waals surface area contributed by atoms with Crippen molar-refractivity contribution in [3.05, 3.63) is 94.1 Å². The van der Waals surface area contributed by atoms with Gasteiger partial charge in [0.15, 0.2) is 18.1 Å².